The van der Waals surface area contributed by atoms with Crippen molar-refractivity contribution in [3.05, 3.63) is 15.6 Å². The summed E-state index contributed by atoms with van der Waals surface area (Å²) in [6, 6.07) is 0.751. The quantitative estimate of drug-likeness (QED) is 0.916. The SMILES string of the molecule is CCOC(=O)N1CCC(N[C@@H](C)c2nc3c(s2)CCCC3)CC1. The molecule has 128 valence electrons. The summed E-state index contributed by atoms with van der Waals surface area (Å²) in [6.45, 7) is 6.06. The number of hydrogen-bond acceptors (Lipinski definition) is 5. The number of likely N-dealkylation sites (tertiary alicyclic amines) is 1. The van der Waals surface area contributed by atoms with Crippen LogP contribution in [0.25, 0.3) is 0 Å². The number of aromatic nitrogens is 1. The van der Waals surface area contributed by atoms with Crippen molar-refractivity contribution in [2.75, 3.05) is 19.7 Å². The Balaban J connectivity index is 1.50. The Morgan fingerprint density at radius 2 is 2.13 bits per heavy atom. The molecule has 6 heteroatoms. The van der Waals surface area contributed by atoms with Gasteiger partial charge in [0.05, 0.1) is 18.3 Å². The second kappa shape index (κ2) is 7.62. The molecule has 3 rings (SSSR count). The van der Waals surface area contributed by atoms with E-state index in [0.717, 1.165) is 32.4 Å². The summed E-state index contributed by atoms with van der Waals surface area (Å²) >= 11 is 1.89. The van der Waals surface area contributed by atoms with Gasteiger partial charge in [0.1, 0.15) is 5.01 Å². The number of carbonyl (C=O) groups excluding carboxylic acids is 1. The maximum atomic E-state index is 11.7. The van der Waals surface area contributed by atoms with Crippen LogP contribution in [0.5, 0.6) is 0 Å². The van der Waals surface area contributed by atoms with Gasteiger partial charge in [-0.2, -0.15) is 0 Å². The average molecular weight is 337 g/mol. The number of carbonyl (C=O) groups is 1. The van der Waals surface area contributed by atoms with Crippen molar-refractivity contribution in [2.24, 2.45) is 0 Å². The predicted molar refractivity (Wildman–Crippen MR) is 91.9 cm³/mol. The van der Waals surface area contributed by atoms with Crippen LogP contribution >= 0.6 is 11.3 Å². The van der Waals surface area contributed by atoms with Gasteiger partial charge in [-0.25, -0.2) is 9.78 Å². The van der Waals surface area contributed by atoms with E-state index in [4.69, 9.17) is 9.72 Å². The van der Waals surface area contributed by atoms with E-state index in [9.17, 15) is 4.79 Å². The zero-order valence-electron chi connectivity index (χ0n) is 14.1. The summed E-state index contributed by atoms with van der Waals surface area (Å²) in [7, 11) is 0. The van der Waals surface area contributed by atoms with Gasteiger partial charge >= 0.3 is 6.09 Å². The van der Waals surface area contributed by atoms with Crippen molar-refractivity contribution in [1.82, 2.24) is 15.2 Å². The predicted octanol–water partition coefficient (Wildman–Crippen LogP) is 3.29. The molecule has 2 heterocycles. The van der Waals surface area contributed by atoms with Gasteiger partial charge < -0.3 is 15.0 Å². The minimum absolute atomic E-state index is 0.174. The summed E-state index contributed by atoms with van der Waals surface area (Å²) in [5, 5.41) is 4.93. The number of ether oxygens (including phenoxy) is 1. The van der Waals surface area contributed by atoms with Crippen LogP contribution in [0.2, 0.25) is 0 Å². The largest absolute Gasteiger partial charge is 0.450 e. The Labute approximate surface area is 142 Å². The Bertz CT molecular complexity index is 514. The van der Waals surface area contributed by atoms with Crippen LogP contribution in [-0.4, -0.2) is 41.7 Å². The summed E-state index contributed by atoms with van der Waals surface area (Å²) in [5.74, 6) is 0. The Kier molecular flexibility index (Phi) is 5.54. The molecule has 1 aromatic heterocycles. The second-order valence-electron chi connectivity index (χ2n) is 6.48. The van der Waals surface area contributed by atoms with Crippen molar-refractivity contribution in [2.45, 2.75) is 64.5 Å². The zero-order valence-corrected chi connectivity index (χ0v) is 15.0. The lowest BCUT2D eigenvalue weighted by atomic mass is 10.0. The van der Waals surface area contributed by atoms with Crippen LogP contribution in [0.4, 0.5) is 4.79 Å². The molecule has 1 amide bonds. The van der Waals surface area contributed by atoms with Crippen molar-refractivity contribution in [1.29, 1.82) is 0 Å². The molecule has 0 unspecified atom stereocenters. The second-order valence-corrected chi connectivity index (χ2v) is 7.59. The van der Waals surface area contributed by atoms with Gasteiger partial charge in [-0.1, -0.05) is 0 Å². The number of nitrogens with zero attached hydrogens (tertiary/aromatic N) is 2. The Morgan fingerprint density at radius 3 is 2.83 bits per heavy atom. The minimum atomic E-state index is -0.174. The lowest BCUT2D eigenvalue weighted by Gasteiger charge is -2.32. The molecule has 1 aromatic rings. The van der Waals surface area contributed by atoms with Crippen molar-refractivity contribution in [3.63, 3.8) is 0 Å². The molecule has 0 radical (unpaired) electrons. The third kappa shape index (κ3) is 4.04. The molecule has 1 saturated heterocycles. The maximum Gasteiger partial charge on any atom is 0.409 e. The smallest absolute Gasteiger partial charge is 0.409 e. The third-order valence-corrected chi connectivity index (χ3v) is 6.08. The lowest BCUT2D eigenvalue weighted by Crippen LogP contribution is -2.45. The van der Waals surface area contributed by atoms with E-state index in [1.165, 1.54) is 34.8 Å². The Hall–Kier alpha value is -1.14. The maximum absolute atomic E-state index is 11.7. The van der Waals surface area contributed by atoms with E-state index in [1.54, 1.807) is 0 Å². The monoisotopic (exact) mass is 337 g/mol. The highest BCUT2D eigenvalue weighted by Gasteiger charge is 2.26. The van der Waals surface area contributed by atoms with Crippen LogP contribution in [0.1, 0.15) is 61.2 Å². The molecule has 1 aliphatic heterocycles. The number of aryl methyl sites for hydroxylation is 2. The fourth-order valence-corrected chi connectivity index (χ4v) is 4.59. The van der Waals surface area contributed by atoms with Gasteiger partial charge in [-0.15, -0.1) is 11.3 Å². The number of thiazole rings is 1. The standard InChI is InChI=1S/C17H27N3O2S/c1-3-22-17(21)20-10-8-13(9-11-20)18-12(2)16-19-14-6-4-5-7-15(14)23-16/h12-13,18H,3-11H2,1-2H3/t12-/m0/s1. The number of amides is 1. The molecule has 0 saturated carbocycles. The molecule has 1 atom stereocenters. The van der Waals surface area contributed by atoms with Gasteiger partial charge in [0, 0.05) is 24.0 Å². The molecule has 0 aromatic carbocycles. The van der Waals surface area contributed by atoms with Gasteiger partial charge in [-0.05, 0) is 52.4 Å². The van der Waals surface area contributed by atoms with Crippen molar-refractivity contribution in [3.8, 4) is 0 Å². The summed E-state index contributed by atoms with van der Waals surface area (Å²) < 4.78 is 5.07. The lowest BCUT2D eigenvalue weighted by molar-refractivity contribution is 0.0943. The zero-order chi connectivity index (χ0) is 16.2. The first kappa shape index (κ1) is 16.7. The first-order valence-electron chi connectivity index (χ1n) is 8.83. The van der Waals surface area contributed by atoms with Crippen molar-refractivity contribution < 1.29 is 9.53 Å². The fraction of sp³-hybridized carbons (Fsp3) is 0.765. The summed E-state index contributed by atoms with van der Waals surface area (Å²) in [5.41, 5.74) is 1.34. The van der Waals surface area contributed by atoms with E-state index in [-0.39, 0.29) is 6.09 Å². The van der Waals surface area contributed by atoms with E-state index >= 15 is 0 Å². The number of piperidine rings is 1. The molecule has 1 aliphatic carbocycles. The molecular weight excluding hydrogens is 310 g/mol. The van der Waals surface area contributed by atoms with E-state index in [0.29, 0.717) is 18.7 Å². The van der Waals surface area contributed by atoms with E-state index in [2.05, 4.69) is 12.2 Å². The number of fused-ring (bicyclic) bond motifs is 1. The first-order chi connectivity index (χ1) is 11.2. The van der Waals surface area contributed by atoms with Crippen molar-refractivity contribution >= 4 is 17.4 Å². The number of hydrogen-bond donors (Lipinski definition) is 1. The van der Waals surface area contributed by atoms with Crippen LogP contribution in [0, 0.1) is 0 Å². The van der Waals surface area contributed by atoms with Crippen LogP contribution < -0.4 is 5.32 Å². The molecule has 0 bridgehead atoms. The summed E-state index contributed by atoms with van der Waals surface area (Å²) in [4.78, 5) is 19.9. The first-order valence-corrected chi connectivity index (χ1v) is 9.65. The van der Waals surface area contributed by atoms with Crippen LogP contribution in [-0.2, 0) is 17.6 Å². The number of nitrogens with one attached hydrogen (secondary N) is 1. The molecule has 0 spiro atoms. The van der Waals surface area contributed by atoms with E-state index < -0.39 is 0 Å². The fourth-order valence-electron chi connectivity index (χ4n) is 3.43. The average Bonchev–Trinajstić information content (AvgIpc) is 3.00. The van der Waals surface area contributed by atoms with Gasteiger partial charge in [0.25, 0.3) is 0 Å². The summed E-state index contributed by atoms with van der Waals surface area (Å²) in [6.07, 6.45) is 6.73. The highest BCUT2D eigenvalue weighted by Crippen LogP contribution is 2.30. The normalized spacial score (nSPS) is 20.2. The number of rotatable bonds is 4. The third-order valence-electron chi connectivity index (χ3n) is 4.74. The van der Waals surface area contributed by atoms with Gasteiger partial charge in [-0.3, -0.25) is 0 Å². The highest BCUT2D eigenvalue weighted by molar-refractivity contribution is 7.11. The topological polar surface area (TPSA) is 54.5 Å². The molecule has 1 N–H and O–H groups in total. The molecule has 2 aliphatic rings. The van der Waals surface area contributed by atoms with Gasteiger partial charge in [0.15, 0.2) is 0 Å². The molecular formula is C17H27N3O2S. The Morgan fingerprint density at radius 1 is 1.39 bits per heavy atom. The minimum Gasteiger partial charge on any atom is -0.450 e. The highest BCUT2D eigenvalue weighted by atomic mass is 32.1. The van der Waals surface area contributed by atoms with Crippen LogP contribution in [0.3, 0.4) is 0 Å². The van der Waals surface area contributed by atoms with Crippen LogP contribution in [0.15, 0.2) is 0 Å². The molecule has 23 heavy (non-hydrogen) atoms. The molecule has 1 fully saturated rings. The van der Waals surface area contributed by atoms with E-state index in [1.807, 2.05) is 23.2 Å². The molecule has 5 nitrogen and oxygen atoms in total. The van der Waals surface area contributed by atoms with Gasteiger partial charge in [0.2, 0.25) is 0 Å².